The Balaban J connectivity index is 0.000000268. The Bertz CT molecular complexity index is 5670. The van der Waals surface area contributed by atoms with E-state index in [4.69, 9.17) is 90.0 Å². The number of aliphatic hydroxyl groups excluding tert-OH is 2. The van der Waals surface area contributed by atoms with Gasteiger partial charge in [-0.25, -0.2) is 43.2 Å². The summed E-state index contributed by atoms with van der Waals surface area (Å²) in [7, 11) is 2.81. The fraction of sp³-hybridized carbons (Fsp3) is 0.577. The van der Waals surface area contributed by atoms with Gasteiger partial charge in [0.05, 0.1) is 117 Å². The number of alkyl carbamates (subject to hydrolysis) is 3. The number of ether oxygens (including phenoxy) is 19. The van der Waals surface area contributed by atoms with Crippen LogP contribution in [0.15, 0.2) is 174 Å². The quantitative estimate of drug-likeness (QED) is 0.00831. The first kappa shape index (κ1) is 117. The molecule has 8 aliphatic rings. The Morgan fingerprint density at radius 3 is 1.15 bits per heavy atom. The Labute approximate surface area is 872 Å². The number of ketones is 2. The fourth-order valence-electron chi connectivity index (χ4n) is 23.0. The standard InChI is InChI=1S/C59H74N2O19.C52H69NO17/c1-35-41(30-59(70)50(78-51(66)39-23-17-12-18-24-39)48-57(8,49(65)40(31-62)45(35)56(59,6)7)42(71-9)29-43-58(48,34-75-43)79-36(2)63)76-52(67)47(46(38-21-15-11-16-22-38)61-54(69)80-55(3,4)5)77-44(64)33-73-28-27-72-26-25-60-53(68)74-32-37-19-13-10-14-20-37;1-11-22-63-23-24-64-28-38(56)67-41(40(32-18-14-12-15-19-32)53-47(60)70-48(4,5)6)46(59)66-35-26-52(61)44(68-45(58)33-20-16-13-17-21-33)42-50(9,43(57)34(27-54)39(30(35)2)49(52,7)8)36(62-10)25-37-51(42,29-65-37)69-31(3)55/h10-24,40-43,46-48,50,62,70H,25-34H2,1-9H3,(H,60,68)(H,61,69);12-21,34-37,40-42,44,54,61H,11,22-29H2,1-10H3,(H,53,60)/t40-,41+,42+,43-,46+,47-,48+,50+,57-,58+,59-;34-,35+,36+,37-,40+,41-,42+,44+,50-,51+,52-/m11/s1. The van der Waals surface area contributed by atoms with Gasteiger partial charge in [0.15, 0.2) is 22.8 Å². The molecule has 0 radical (unpaired) electrons. The van der Waals surface area contributed by atoms with Crippen molar-refractivity contribution in [2.45, 2.75) is 263 Å². The number of carbonyl (C=O) groups is 13. The molecule has 2 saturated heterocycles. The summed E-state index contributed by atoms with van der Waals surface area (Å²) in [6.07, 6.45) is -16.9. The van der Waals surface area contributed by atoms with Crippen molar-refractivity contribution in [1.29, 1.82) is 0 Å². The molecule has 6 aliphatic carbocycles. The lowest BCUT2D eigenvalue weighted by Gasteiger charge is -2.68. The van der Waals surface area contributed by atoms with Gasteiger partial charge in [0.25, 0.3) is 0 Å². The third-order valence-electron chi connectivity index (χ3n) is 30.0. The maximum Gasteiger partial charge on any atom is 0.408 e. The molecule has 2 heterocycles. The van der Waals surface area contributed by atoms with Crippen molar-refractivity contribution in [2.75, 3.05) is 100 Å². The van der Waals surface area contributed by atoms with Crippen LogP contribution in [0.25, 0.3) is 0 Å². The first-order valence-electron chi connectivity index (χ1n) is 50.4. The maximum atomic E-state index is 15.8. The predicted molar refractivity (Wildman–Crippen MR) is 532 cm³/mol. The minimum atomic E-state index is -2.36. The number of amides is 3. The van der Waals surface area contributed by atoms with Crippen LogP contribution in [0.5, 0.6) is 0 Å². The second-order valence-corrected chi connectivity index (χ2v) is 42.5. The average Bonchev–Trinajstić information content (AvgIpc) is 0.669. The van der Waals surface area contributed by atoms with Crippen molar-refractivity contribution in [3.63, 3.8) is 0 Å². The van der Waals surface area contributed by atoms with Crippen LogP contribution in [0.4, 0.5) is 14.4 Å². The number of hydrogen-bond acceptors (Lipinski definition) is 36. The van der Waals surface area contributed by atoms with Crippen LogP contribution in [-0.4, -0.2) is 293 Å². The molecule has 5 aromatic carbocycles. The molecule has 22 atom stereocenters. The zero-order valence-corrected chi connectivity index (χ0v) is 88.5. The van der Waals surface area contributed by atoms with Gasteiger partial charge in [0.1, 0.15) is 90.9 Å². The molecule has 4 bridgehead atoms. The number of benzene rings is 5. The Morgan fingerprint density at radius 1 is 0.467 bits per heavy atom. The second kappa shape index (κ2) is 48.8. The number of nitrogens with one attached hydrogen (secondary N) is 3. The molecule has 0 aromatic heterocycles. The van der Waals surface area contributed by atoms with E-state index in [1.807, 2.05) is 37.3 Å². The van der Waals surface area contributed by atoms with Crippen LogP contribution >= 0.6 is 0 Å². The number of esters is 8. The minimum absolute atomic E-state index is 0.0119. The number of hydrogen-bond donors (Lipinski definition) is 7. The molecule has 39 nitrogen and oxygen atoms in total. The second-order valence-electron chi connectivity index (χ2n) is 42.5. The number of fused-ring (bicyclic) bond motifs is 10. The summed E-state index contributed by atoms with van der Waals surface area (Å²) in [6, 6.07) is 38.5. The summed E-state index contributed by atoms with van der Waals surface area (Å²) in [5, 5.41) is 58.8. The van der Waals surface area contributed by atoms with Crippen LogP contribution in [0.1, 0.15) is 199 Å². The number of carbonyl (C=O) groups excluding carboxylic acids is 13. The van der Waals surface area contributed by atoms with Gasteiger partial charge in [-0.3, -0.25) is 19.2 Å². The highest BCUT2D eigenvalue weighted by molar-refractivity contribution is 5.95. The lowest BCUT2D eigenvalue weighted by atomic mass is 9.43. The largest absolute Gasteiger partial charge is 0.455 e. The van der Waals surface area contributed by atoms with Gasteiger partial charge in [-0.2, -0.15) is 0 Å². The highest BCUT2D eigenvalue weighted by Gasteiger charge is 2.81. The third-order valence-corrected chi connectivity index (χ3v) is 30.0. The molecule has 0 spiro atoms. The fourth-order valence-corrected chi connectivity index (χ4v) is 23.0. The van der Waals surface area contributed by atoms with Crippen molar-refractivity contribution in [3.8, 4) is 0 Å². The minimum Gasteiger partial charge on any atom is -0.455 e. The summed E-state index contributed by atoms with van der Waals surface area (Å²) in [5.74, 6) is -14.5. The Morgan fingerprint density at radius 2 is 0.820 bits per heavy atom. The van der Waals surface area contributed by atoms with Gasteiger partial charge in [-0.1, -0.05) is 162 Å². The smallest absolute Gasteiger partial charge is 0.408 e. The average molecular weight is 2100 g/mol. The van der Waals surface area contributed by atoms with Gasteiger partial charge in [-0.05, 0) is 139 Å². The zero-order chi connectivity index (χ0) is 110. The van der Waals surface area contributed by atoms with E-state index in [1.54, 1.807) is 194 Å². The van der Waals surface area contributed by atoms with Gasteiger partial charge < -0.3 is 126 Å². The lowest BCUT2D eigenvalue weighted by Crippen LogP contribution is -2.81. The Hall–Kier alpha value is -12.0. The summed E-state index contributed by atoms with van der Waals surface area (Å²) in [4.78, 5) is 184. The molecule has 150 heavy (non-hydrogen) atoms. The van der Waals surface area contributed by atoms with E-state index in [-0.39, 0.29) is 111 Å². The van der Waals surface area contributed by atoms with E-state index in [1.165, 1.54) is 52.3 Å². The number of aliphatic hydroxyl groups is 4. The van der Waals surface area contributed by atoms with Gasteiger partial charge >= 0.3 is 66.0 Å². The zero-order valence-electron chi connectivity index (χ0n) is 88.5. The molecule has 0 unspecified atom stereocenters. The normalized spacial score (nSPS) is 28.6. The van der Waals surface area contributed by atoms with Crippen LogP contribution in [0.3, 0.4) is 0 Å². The molecular weight excluding hydrogens is 1950 g/mol. The van der Waals surface area contributed by atoms with Gasteiger partial charge in [-0.15, -0.1) is 0 Å². The molecular formula is C111H143N3O36. The molecule has 818 valence electrons. The molecule has 4 saturated carbocycles. The van der Waals surface area contributed by atoms with Crippen LogP contribution < -0.4 is 16.0 Å². The summed E-state index contributed by atoms with van der Waals surface area (Å²) < 4.78 is 113. The van der Waals surface area contributed by atoms with Crippen molar-refractivity contribution >= 4 is 77.6 Å². The number of rotatable bonds is 39. The van der Waals surface area contributed by atoms with Crippen molar-refractivity contribution in [3.05, 3.63) is 202 Å². The molecule has 3 amide bonds. The SMILES string of the molecule is CCCOCCOCC(=O)O[C@@H](C(=O)O[C@H]1C[C@@]2(O)[C@@H](OC(=O)c3ccccc3)[C@@H]3[C@]4(OC(C)=O)CO[C@@H]4C[C@H](OC)[C@@]3(C)C(=O)[C@H](CO)C(=C1C)C2(C)C)[C@@H](NC(=O)OC(C)(C)C)c1ccccc1.CO[C@H]1C[C@H]2OC[C@@]2(OC(C)=O)[C@H]2[C@H](OC(=O)c3ccccc3)[C@]3(O)C[C@H](OC(=O)[C@H](OC(=O)COCCOCCNC(=O)OCc4ccccc4)[C@@H](NC(=O)OC(C)(C)C)c4ccccc4)C(C)=C([C@@H](CO)C(=O)[C@]12C)C3(C)C. The van der Waals surface area contributed by atoms with Crippen LogP contribution in [0, 0.1) is 45.3 Å². The van der Waals surface area contributed by atoms with E-state index < -0.39 is 269 Å². The van der Waals surface area contributed by atoms with Crippen molar-refractivity contribution in [2.24, 2.45) is 45.3 Å². The molecule has 6 fully saturated rings. The van der Waals surface area contributed by atoms with Crippen LogP contribution in [0.2, 0.25) is 0 Å². The van der Waals surface area contributed by atoms with E-state index in [9.17, 15) is 63.6 Å². The van der Waals surface area contributed by atoms with E-state index in [2.05, 4.69) is 16.0 Å². The number of Topliss-reactive ketones (excluding diaryl/α,β-unsaturated/α-hetero) is 2. The van der Waals surface area contributed by atoms with Crippen molar-refractivity contribution in [1.82, 2.24) is 16.0 Å². The van der Waals surface area contributed by atoms with Crippen LogP contribution in [-0.2, 0) is 135 Å². The van der Waals surface area contributed by atoms with E-state index in [0.29, 0.717) is 12.2 Å². The topological polar surface area (TPSA) is 514 Å². The summed E-state index contributed by atoms with van der Waals surface area (Å²) >= 11 is 0. The molecule has 7 N–H and O–H groups in total. The first-order valence-corrected chi connectivity index (χ1v) is 50.4. The summed E-state index contributed by atoms with van der Waals surface area (Å²) in [6.45, 7) is 24.6. The van der Waals surface area contributed by atoms with Gasteiger partial charge in [0.2, 0.25) is 12.2 Å². The molecule has 5 aromatic rings. The third kappa shape index (κ3) is 24.8. The van der Waals surface area contributed by atoms with E-state index in [0.717, 1.165) is 12.0 Å². The highest BCUT2D eigenvalue weighted by Crippen LogP contribution is 2.68. The molecule has 13 rings (SSSR count). The van der Waals surface area contributed by atoms with E-state index >= 15 is 19.2 Å². The predicted octanol–water partition coefficient (Wildman–Crippen LogP) is 10.8. The van der Waals surface area contributed by atoms with Crippen molar-refractivity contribution < 1.29 is 173 Å². The number of methoxy groups -OCH3 is 2. The molecule has 39 heteroatoms. The molecule has 2 aliphatic heterocycles. The lowest BCUT2D eigenvalue weighted by molar-refractivity contribution is -0.347. The summed E-state index contributed by atoms with van der Waals surface area (Å²) in [5.41, 5.74) is -14.3. The van der Waals surface area contributed by atoms with Gasteiger partial charge in [0, 0.05) is 77.7 Å². The first-order chi connectivity index (χ1) is 70.9. The highest BCUT2D eigenvalue weighted by atomic mass is 16.7. The maximum absolute atomic E-state index is 15.8. The monoisotopic (exact) mass is 2090 g/mol. The Kier molecular flexibility index (Phi) is 37.9.